The molecule has 1 rings (SSSR count). The van der Waals surface area contributed by atoms with Gasteiger partial charge in [0.15, 0.2) is 11.5 Å². The van der Waals surface area contributed by atoms with Gasteiger partial charge in [-0.05, 0) is 0 Å². The maximum absolute atomic E-state index is 12.1. The van der Waals surface area contributed by atoms with Crippen molar-refractivity contribution in [3.05, 3.63) is 12.1 Å². The van der Waals surface area contributed by atoms with E-state index in [1.807, 2.05) is 0 Å². The number of halogens is 3. The summed E-state index contributed by atoms with van der Waals surface area (Å²) in [5, 5.41) is 2.24. The Morgan fingerprint density at radius 2 is 1.44 bits per heavy atom. The maximum atomic E-state index is 12.1. The van der Waals surface area contributed by atoms with Crippen LogP contribution < -0.4 is 19.5 Å². The summed E-state index contributed by atoms with van der Waals surface area (Å²) < 4.78 is 51.5. The van der Waals surface area contributed by atoms with E-state index in [2.05, 4.69) is 5.32 Å². The number of alkyl halides is 3. The molecule has 0 fully saturated rings. The first-order valence-corrected chi connectivity index (χ1v) is 5.02. The minimum absolute atomic E-state index is 0.187. The average molecular weight is 265 g/mol. The van der Waals surface area contributed by atoms with Crippen LogP contribution in [0.2, 0.25) is 0 Å². The average Bonchev–Trinajstić information content (AvgIpc) is 2.34. The molecule has 0 aromatic heterocycles. The van der Waals surface area contributed by atoms with Crippen LogP contribution >= 0.6 is 0 Å². The van der Waals surface area contributed by atoms with Crippen LogP contribution in [-0.2, 0) is 0 Å². The Labute approximate surface area is 103 Å². The molecule has 7 heteroatoms. The van der Waals surface area contributed by atoms with E-state index in [9.17, 15) is 13.2 Å². The Morgan fingerprint density at radius 3 is 1.89 bits per heavy atom. The Morgan fingerprint density at radius 1 is 0.944 bits per heavy atom. The fourth-order valence-electron chi connectivity index (χ4n) is 1.36. The topological polar surface area (TPSA) is 39.7 Å². The molecule has 0 bridgehead atoms. The SMILES string of the molecule is COc1cc(OC)c(OC)cc1NCC(F)(F)F. The van der Waals surface area contributed by atoms with Crippen molar-refractivity contribution < 1.29 is 27.4 Å². The van der Waals surface area contributed by atoms with E-state index >= 15 is 0 Å². The Bertz CT molecular complexity index is 407. The van der Waals surface area contributed by atoms with E-state index in [-0.39, 0.29) is 11.4 Å². The van der Waals surface area contributed by atoms with Gasteiger partial charge in [-0.2, -0.15) is 13.2 Å². The number of anilines is 1. The summed E-state index contributed by atoms with van der Waals surface area (Å²) in [5.74, 6) is 0.951. The summed E-state index contributed by atoms with van der Waals surface area (Å²) in [5.41, 5.74) is 0.187. The van der Waals surface area contributed by atoms with Gasteiger partial charge in [-0.25, -0.2) is 0 Å². The predicted molar refractivity (Wildman–Crippen MR) is 60.6 cm³/mol. The van der Waals surface area contributed by atoms with E-state index in [0.29, 0.717) is 11.5 Å². The van der Waals surface area contributed by atoms with Crippen LogP contribution in [0.5, 0.6) is 17.2 Å². The molecule has 1 N–H and O–H groups in total. The molecule has 0 aliphatic heterocycles. The lowest BCUT2D eigenvalue weighted by molar-refractivity contribution is -0.115. The fourth-order valence-corrected chi connectivity index (χ4v) is 1.36. The minimum Gasteiger partial charge on any atom is -0.494 e. The number of hydrogen-bond acceptors (Lipinski definition) is 4. The summed E-state index contributed by atoms with van der Waals surface area (Å²) in [6.07, 6.45) is -4.31. The summed E-state index contributed by atoms with van der Waals surface area (Å²) >= 11 is 0. The van der Waals surface area contributed by atoms with Gasteiger partial charge in [-0.15, -0.1) is 0 Å². The van der Waals surface area contributed by atoms with Gasteiger partial charge in [-0.1, -0.05) is 0 Å². The highest BCUT2D eigenvalue weighted by molar-refractivity contribution is 5.64. The van der Waals surface area contributed by atoms with Gasteiger partial charge in [0.25, 0.3) is 0 Å². The first-order chi connectivity index (χ1) is 8.41. The van der Waals surface area contributed by atoms with Crippen LogP contribution in [0.4, 0.5) is 18.9 Å². The van der Waals surface area contributed by atoms with Crippen molar-refractivity contribution in [3.63, 3.8) is 0 Å². The van der Waals surface area contributed by atoms with Crippen molar-refractivity contribution >= 4 is 5.69 Å². The molecule has 0 radical (unpaired) electrons. The molecule has 0 saturated carbocycles. The van der Waals surface area contributed by atoms with Crippen molar-refractivity contribution in [1.82, 2.24) is 0 Å². The van der Waals surface area contributed by atoms with Crippen molar-refractivity contribution in [1.29, 1.82) is 0 Å². The molecule has 0 saturated heterocycles. The number of rotatable bonds is 5. The highest BCUT2D eigenvalue weighted by Gasteiger charge is 2.27. The van der Waals surface area contributed by atoms with Gasteiger partial charge in [0, 0.05) is 12.1 Å². The molecule has 0 atom stereocenters. The smallest absolute Gasteiger partial charge is 0.405 e. The molecule has 102 valence electrons. The van der Waals surface area contributed by atoms with Gasteiger partial charge in [0.05, 0.1) is 27.0 Å². The Hall–Kier alpha value is -1.79. The first kappa shape index (κ1) is 14.3. The maximum Gasteiger partial charge on any atom is 0.405 e. The normalized spacial score (nSPS) is 11.0. The second-order valence-electron chi connectivity index (χ2n) is 3.38. The lowest BCUT2D eigenvalue weighted by atomic mass is 10.2. The van der Waals surface area contributed by atoms with Gasteiger partial charge in [0.2, 0.25) is 0 Å². The van der Waals surface area contributed by atoms with E-state index in [1.165, 1.54) is 33.5 Å². The molecule has 0 aliphatic rings. The number of benzene rings is 1. The number of hydrogen-bond donors (Lipinski definition) is 1. The van der Waals surface area contributed by atoms with Crippen LogP contribution in [0.1, 0.15) is 0 Å². The van der Waals surface area contributed by atoms with Gasteiger partial charge >= 0.3 is 6.18 Å². The van der Waals surface area contributed by atoms with Crippen molar-refractivity contribution in [2.75, 3.05) is 33.2 Å². The van der Waals surface area contributed by atoms with Gasteiger partial charge in [-0.3, -0.25) is 0 Å². The third kappa shape index (κ3) is 3.61. The number of methoxy groups -OCH3 is 3. The van der Waals surface area contributed by atoms with E-state index in [4.69, 9.17) is 14.2 Å². The monoisotopic (exact) mass is 265 g/mol. The molecule has 0 spiro atoms. The van der Waals surface area contributed by atoms with Crippen LogP contribution in [0.15, 0.2) is 12.1 Å². The standard InChI is InChI=1S/C11H14F3NO3/c1-16-8-5-10(18-3)9(17-2)4-7(8)15-6-11(12,13)14/h4-5,15H,6H2,1-3H3. The second kappa shape index (κ2) is 5.70. The highest BCUT2D eigenvalue weighted by Crippen LogP contribution is 2.38. The van der Waals surface area contributed by atoms with E-state index in [1.54, 1.807) is 0 Å². The highest BCUT2D eigenvalue weighted by atomic mass is 19.4. The fraction of sp³-hybridized carbons (Fsp3) is 0.455. The van der Waals surface area contributed by atoms with Crippen molar-refractivity contribution in [2.45, 2.75) is 6.18 Å². The molecular weight excluding hydrogens is 251 g/mol. The summed E-state index contributed by atoms with van der Waals surface area (Å²) in [4.78, 5) is 0. The molecule has 0 heterocycles. The molecular formula is C11H14F3NO3. The van der Waals surface area contributed by atoms with E-state index < -0.39 is 12.7 Å². The molecule has 1 aromatic carbocycles. The van der Waals surface area contributed by atoms with Crippen molar-refractivity contribution in [3.8, 4) is 17.2 Å². The van der Waals surface area contributed by atoms with Crippen LogP contribution in [-0.4, -0.2) is 34.1 Å². The third-order valence-electron chi connectivity index (χ3n) is 2.18. The molecule has 1 aromatic rings. The predicted octanol–water partition coefficient (Wildman–Crippen LogP) is 2.69. The molecule has 0 aliphatic carbocycles. The van der Waals surface area contributed by atoms with Gasteiger partial charge in [0.1, 0.15) is 12.3 Å². The quantitative estimate of drug-likeness (QED) is 0.888. The first-order valence-electron chi connectivity index (χ1n) is 5.02. The number of ether oxygens (including phenoxy) is 3. The Kier molecular flexibility index (Phi) is 4.52. The zero-order valence-corrected chi connectivity index (χ0v) is 10.2. The zero-order chi connectivity index (χ0) is 13.8. The van der Waals surface area contributed by atoms with Gasteiger partial charge < -0.3 is 19.5 Å². The lowest BCUT2D eigenvalue weighted by Crippen LogP contribution is -2.21. The van der Waals surface area contributed by atoms with Crippen LogP contribution in [0.3, 0.4) is 0 Å². The molecule has 0 amide bonds. The second-order valence-corrected chi connectivity index (χ2v) is 3.38. The Balaban J connectivity index is 3.02. The largest absolute Gasteiger partial charge is 0.494 e. The molecule has 4 nitrogen and oxygen atoms in total. The zero-order valence-electron chi connectivity index (χ0n) is 10.2. The molecule has 18 heavy (non-hydrogen) atoms. The molecule has 0 unspecified atom stereocenters. The van der Waals surface area contributed by atoms with Crippen LogP contribution in [0.25, 0.3) is 0 Å². The van der Waals surface area contributed by atoms with E-state index in [0.717, 1.165) is 0 Å². The number of nitrogens with one attached hydrogen (secondary N) is 1. The summed E-state index contributed by atoms with van der Waals surface area (Å²) in [6.45, 7) is -1.15. The van der Waals surface area contributed by atoms with Crippen molar-refractivity contribution in [2.24, 2.45) is 0 Å². The van der Waals surface area contributed by atoms with Crippen LogP contribution in [0, 0.1) is 0 Å². The third-order valence-corrected chi connectivity index (χ3v) is 2.18. The summed E-state index contributed by atoms with van der Waals surface area (Å²) in [6, 6.07) is 2.85. The minimum atomic E-state index is -4.31. The lowest BCUT2D eigenvalue weighted by Gasteiger charge is -2.16. The summed E-state index contributed by atoms with van der Waals surface area (Å²) in [7, 11) is 4.19.